The molecule has 0 atom stereocenters. The minimum absolute atomic E-state index is 0.0392. The first-order chi connectivity index (χ1) is 12.3. The first-order valence-corrected chi connectivity index (χ1v) is 7.28. The standard InChI is InChI=1S/C17H11F4N3O2/c18-12-6-4-10(5-7-12)14-9-26-16(23-14)24-15(25)22-13-3-1-2-11(8-13)17(19,20)21/h1-9H,(H2,22,23,24,25). The third-order valence-electron chi connectivity index (χ3n) is 3.31. The van der Waals surface area contributed by atoms with Gasteiger partial charge in [-0.05, 0) is 42.5 Å². The van der Waals surface area contributed by atoms with Crippen LogP contribution in [0.5, 0.6) is 0 Å². The first kappa shape index (κ1) is 17.5. The molecule has 26 heavy (non-hydrogen) atoms. The molecular formula is C17H11F4N3O2. The minimum Gasteiger partial charge on any atom is -0.431 e. The molecule has 5 nitrogen and oxygen atoms in total. The number of urea groups is 1. The second-order valence-electron chi connectivity index (χ2n) is 5.20. The zero-order valence-electron chi connectivity index (χ0n) is 13.0. The van der Waals surface area contributed by atoms with E-state index >= 15 is 0 Å². The molecule has 0 radical (unpaired) electrons. The van der Waals surface area contributed by atoms with Crippen molar-refractivity contribution in [2.24, 2.45) is 0 Å². The van der Waals surface area contributed by atoms with Gasteiger partial charge in [0.1, 0.15) is 17.8 Å². The molecule has 0 spiro atoms. The summed E-state index contributed by atoms with van der Waals surface area (Å²) in [5.41, 5.74) is 0.00788. The van der Waals surface area contributed by atoms with Crippen molar-refractivity contribution in [2.75, 3.05) is 10.6 Å². The minimum atomic E-state index is -4.51. The topological polar surface area (TPSA) is 67.2 Å². The number of alkyl halides is 3. The normalized spacial score (nSPS) is 11.2. The fourth-order valence-electron chi connectivity index (χ4n) is 2.12. The zero-order chi connectivity index (χ0) is 18.7. The molecule has 0 saturated carbocycles. The fourth-order valence-corrected chi connectivity index (χ4v) is 2.12. The number of oxazole rings is 1. The van der Waals surface area contributed by atoms with Crippen molar-refractivity contribution in [3.05, 3.63) is 66.2 Å². The molecule has 2 amide bonds. The number of carbonyl (C=O) groups is 1. The Bertz CT molecular complexity index is 920. The molecule has 0 aliphatic carbocycles. The van der Waals surface area contributed by atoms with Crippen LogP contribution in [0, 0.1) is 5.82 Å². The highest BCUT2D eigenvalue weighted by atomic mass is 19.4. The second kappa shape index (κ2) is 6.87. The van der Waals surface area contributed by atoms with Crippen LogP contribution in [0.2, 0.25) is 0 Å². The van der Waals surface area contributed by atoms with E-state index in [1.807, 2.05) is 0 Å². The lowest BCUT2D eigenvalue weighted by molar-refractivity contribution is -0.137. The van der Waals surface area contributed by atoms with Gasteiger partial charge in [0.2, 0.25) is 0 Å². The quantitative estimate of drug-likeness (QED) is 0.631. The number of carbonyl (C=O) groups excluding carboxylic acids is 1. The van der Waals surface area contributed by atoms with Crippen LogP contribution in [0.3, 0.4) is 0 Å². The van der Waals surface area contributed by atoms with Crippen LogP contribution in [-0.4, -0.2) is 11.0 Å². The molecule has 3 aromatic rings. The zero-order valence-corrected chi connectivity index (χ0v) is 13.0. The van der Waals surface area contributed by atoms with E-state index in [-0.39, 0.29) is 11.7 Å². The highest BCUT2D eigenvalue weighted by Gasteiger charge is 2.30. The molecule has 2 N–H and O–H groups in total. The Balaban J connectivity index is 1.67. The number of nitrogens with zero attached hydrogens (tertiary/aromatic N) is 1. The van der Waals surface area contributed by atoms with Crippen LogP contribution in [0.4, 0.5) is 34.1 Å². The number of aromatic nitrogens is 1. The molecule has 0 saturated heterocycles. The number of nitrogens with one attached hydrogen (secondary N) is 2. The lowest BCUT2D eigenvalue weighted by Gasteiger charge is -2.09. The highest BCUT2D eigenvalue weighted by molar-refractivity contribution is 5.98. The van der Waals surface area contributed by atoms with Gasteiger partial charge in [0.05, 0.1) is 5.56 Å². The van der Waals surface area contributed by atoms with Gasteiger partial charge in [-0.1, -0.05) is 6.07 Å². The van der Waals surface area contributed by atoms with Gasteiger partial charge in [-0.25, -0.2) is 9.18 Å². The summed E-state index contributed by atoms with van der Waals surface area (Å²) >= 11 is 0. The van der Waals surface area contributed by atoms with Gasteiger partial charge in [-0.15, -0.1) is 0 Å². The number of halogens is 4. The summed E-state index contributed by atoms with van der Waals surface area (Å²) in [7, 11) is 0. The van der Waals surface area contributed by atoms with E-state index in [1.165, 1.54) is 42.7 Å². The highest BCUT2D eigenvalue weighted by Crippen LogP contribution is 2.30. The molecule has 0 aliphatic heterocycles. The van der Waals surface area contributed by atoms with Gasteiger partial charge in [-0.2, -0.15) is 18.2 Å². The number of rotatable bonds is 3. The summed E-state index contributed by atoms with van der Waals surface area (Å²) < 4.78 is 56.0. The molecule has 0 bridgehead atoms. The van der Waals surface area contributed by atoms with Gasteiger partial charge in [-0.3, -0.25) is 5.32 Å². The number of amides is 2. The molecule has 134 valence electrons. The van der Waals surface area contributed by atoms with Crippen molar-refractivity contribution in [3.63, 3.8) is 0 Å². The van der Waals surface area contributed by atoms with E-state index in [9.17, 15) is 22.4 Å². The van der Waals surface area contributed by atoms with Gasteiger partial charge >= 0.3 is 18.2 Å². The third-order valence-corrected chi connectivity index (χ3v) is 3.31. The molecule has 0 fully saturated rings. The van der Waals surface area contributed by atoms with Crippen LogP contribution >= 0.6 is 0 Å². The van der Waals surface area contributed by atoms with Crippen LogP contribution < -0.4 is 10.6 Å². The average Bonchev–Trinajstić information content (AvgIpc) is 3.03. The molecule has 1 aromatic heterocycles. The van der Waals surface area contributed by atoms with Crippen molar-refractivity contribution in [1.29, 1.82) is 0 Å². The number of hydrogen-bond acceptors (Lipinski definition) is 3. The molecule has 2 aromatic carbocycles. The summed E-state index contributed by atoms with van der Waals surface area (Å²) in [6, 6.07) is 8.68. The largest absolute Gasteiger partial charge is 0.431 e. The summed E-state index contributed by atoms with van der Waals surface area (Å²) in [6.07, 6.45) is -3.26. The van der Waals surface area contributed by atoms with Crippen LogP contribution in [0.15, 0.2) is 59.2 Å². The van der Waals surface area contributed by atoms with Crippen LogP contribution in [0.1, 0.15) is 5.56 Å². The van der Waals surface area contributed by atoms with E-state index in [2.05, 4.69) is 15.6 Å². The summed E-state index contributed by atoms with van der Waals surface area (Å²) in [5, 5.41) is 4.53. The smallest absolute Gasteiger partial charge is 0.416 e. The van der Waals surface area contributed by atoms with Crippen molar-refractivity contribution in [3.8, 4) is 11.3 Å². The predicted molar refractivity (Wildman–Crippen MR) is 86.0 cm³/mol. The summed E-state index contributed by atoms with van der Waals surface area (Å²) in [5.74, 6) is -0.406. The van der Waals surface area contributed by atoms with Crippen molar-refractivity contribution in [1.82, 2.24) is 4.98 Å². The lowest BCUT2D eigenvalue weighted by atomic mass is 10.2. The van der Waals surface area contributed by atoms with E-state index in [4.69, 9.17) is 4.42 Å². The molecule has 1 heterocycles. The number of anilines is 2. The summed E-state index contributed by atoms with van der Waals surface area (Å²) in [6.45, 7) is 0. The Hall–Kier alpha value is -3.36. The maximum atomic E-state index is 12.9. The van der Waals surface area contributed by atoms with E-state index in [1.54, 1.807) is 0 Å². The van der Waals surface area contributed by atoms with Crippen molar-refractivity contribution in [2.45, 2.75) is 6.18 Å². The SMILES string of the molecule is O=C(Nc1cccc(C(F)(F)F)c1)Nc1nc(-c2ccc(F)cc2)co1. The van der Waals surface area contributed by atoms with Crippen LogP contribution in [0.25, 0.3) is 11.3 Å². The molecule has 0 aliphatic rings. The summed E-state index contributed by atoms with van der Waals surface area (Å²) in [4.78, 5) is 15.9. The van der Waals surface area contributed by atoms with Crippen molar-refractivity contribution >= 4 is 17.7 Å². The average molecular weight is 365 g/mol. The maximum Gasteiger partial charge on any atom is 0.416 e. The van der Waals surface area contributed by atoms with Crippen LogP contribution in [-0.2, 0) is 6.18 Å². The molecule has 3 rings (SSSR count). The Labute approximate surface area is 144 Å². The van der Waals surface area contributed by atoms with Gasteiger partial charge < -0.3 is 9.73 Å². The van der Waals surface area contributed by atoms with Gasteiger partial charge in [0.15, 0.2) is 0 Å². The number of hydrogen-bond donors (Lipinski definition) is 2. The third kappa shape index (κ3) is 4.18. The van der Waals surface area contributed by atoms with E-state index in [0.29, 0.717) is 11.3 Å². The lowest BCUT2D eigenvalue weighted by Crippen LogP contribution is -2.20. The molecular weight excluding hydrogens is 354 g/mol. The molecule has 0 unspecified atom stereocenters. The Kier molecular flexibility index (Phi) is 4.61. The maximum absolute atomic E-state index is 12.9. The molecule has 9 heteroatoms. The second-order valence-corrected chi connectivity index (χ2v) is 5.20. The Morgan fingerprint density at radius 2 is 1.77 bits per heavy atom. The van der Waals surface area contributed by atoms with Gasteiger partial charge in [0, 0.05) is 11.3 Å². The predicted octanol–water partition coefficient (Wildman–Crippen LogP) is 5.14. The van der Waals surface area contributed by atoms with Gasteiger partial charge in [0.25, 0.3) is 0 Å². The Morgan fingerprint density at radius 1 is 1.04 bits per heavy atom. The number of benzene rings is 2. The Morgan fingerprint density at radius 3 is 2.46 bits per heavy atom. The van der Waals surface area contributed by atoms with E-state index in [0.717, 1.165) is 12.1 Å². The fraction of sp³-hybridized carbons (Fsp3) is 0.0588. The van der Waals surface area contributed by atoms with Crippen molar-refractivity contribution < 1.29 is 26.8 Å². The first-order valence-electron chi connectivity index (χ1n) is 7.28. The monoisotopic (exact) mass is 365 g/mol. The van der Waals surface area contributed by atoms with E-state index < -0.39 is 23.6 Å².